The molecule has 0 unspecified atom stereocenters. The van der Waals surface area contributed by atoms with Crippen LogP contribution in [0.5, 0.6) is 0 Å². The van der Waals surface area contributed by atoms with E-state index in [2.05, 4.69) is 36.5 Å². The highest BCUT2D eigenvalue weighted by Crippen LogP contribution is 2.20. The number of rotatable bonds is 9. The van der Waals surface area contributed by atoms with Gasteiger partial charge in [-0.3, -0.25) is 4.79 Å². The molecule has 0 radical (unpaired) electrons. The summed E-state index contributed by atoms with van der Waals surface area (Å²) in [5.41, 5.74) is 1.33. The molecule has 0 aliphatic carbocycles. The predicted octanol–water partition coefficient (Wildman–Crippen LogP) is 3.22. The molecule has 1 N–H and O–H groups in total. The van der Waals surface area contributed by atoms with E-state index in [-0.39, 0.29) is 18.3 Å². The van der Waals surface area contributed by atoms with Gasteiger partial charge in [-0.25, -0.2) is 0 Å². The second-order valence-corrected chi connectivity index (χ2v) is 6.23. The van der Waals surface area contributed by atoms with E-state index < -0.39 is 0 Å². The van der Waals surface area contributed by atoms with Crippen LogP contribution < -0.4 is 5.32 Å². The average Bonchev–Trinajstić information content (AvgIpc) is 2.44. The van der Waals surface area contributed by atoms with Crippen molar-refractivity contribution in [3.05, 3.63) is 29.8 Å². The average molecular weight is 331 g/mol. The number of unbranched alkanes of at least 4 members (excludes halogenated alkanes) is 1. The van der Waals surface area contributed by atoms with E-state index in [4.69, 9.17) is 0 Å². The molecule has 0 heterocycles. The molecule has 0 bridgehead atoms. The minimum Gasteiger partial charge on any atom is -0.348 e. The molecule has 1 aromatic rings. The number of amides is 1. The molecule has 0 aliphatic heterocycles. The molecule has 1 aromatic carbocycles. The summed E-state index contributed by atoms with van der Waals surface area (Å²) < 4.78 is 0. The largest absolute Gasteiger partial charge is 0.348 e. The molecule has 0 aromatic heterocycles. The standard InChI is InChI=1S/C16H26N2OS.ClH/c1-4-5-11-20-15-8-6-7-14(12-15)9-10-17-13-16(19)18(2)3;/h6-8,12,17H,4-5,9-11,13H2,1-3H3;1H. The minimum absolute atomic E-state index is 0. The van der Waals surface area contributed by atoms with Crippen LogP contribution in [0.2, 0.25) is 0 Å². The highest BCUT2D eigenvalue weighted by Gasteiger charge is 2.02. The summed E-state index contributed by atoms with van der Waals surface area (Å²) in [4.78, 5) is 14.4. The zero-order chi connectivity index (χ0) is 14.8. The van der Waals surface area contributed by atoms with Gasteiger partial charge in [0.15, 0.2) is 0 Å². The number of hydrogen-bond donors (Lipinski definition) is 1. The summed E-state index contributed by atoms with van der Waals surface area (Å²) in [5, 5.41) is 3.19. The first-order valence-electron chi connectivity index (χ1n) is 7.26. The maximum Gasteiger partial charge on any atom is 0.236 e. The second kappa shape index (κ2) is 11.9. The Hall–Kier alpha value is -0.710. The van der Waals surface area contributed by atoms with Crippen molar-refractivity contribution >= 4 is 30.1 Å². The van der Waals surface area contributed by atoms with Crippen LogP contribution in [0.25, 0.3) is 0 Å². The van der Waals surface area contributed by atoms with Gasteiger partial charge in [-0.2, -0.15) is 0 Å². The monoisotopic (exact) mass is 330 g/mol. The van der Waals surface area contributed by atoms with Crippen molar-refractivity contribution in [2.24, 2.45) is 0 Å². The number of benzene rings is 1. The Morgan fingerprint density at radius 2 is 2.10 bits per heavy atom. The van der Waals surface area contributed by atoms with Gasteiger partial charge in [0.1, 0.15) is 0 Å². The Kier molecular flexibility index (Phi) is 11.5. The Balaban J connectivity index is 0.00000400. The first-order valence-corrected chi connectivity index (χ1v) is 8.24. The lowest BCUT2D eigenvalue weighted by atomic mass is 10.1. The fourth-order valence-electron chi connectivity index (χ4n) is 1.71. The minimum atomic E-state index is 0. The molecule has 0 saturated carbocycles. The summed E-state index contributed by atoms with van der Waals surface area (Å²) >= 11 is 1.93. The SMILES string of the molecule is CCCCSc1cccc(CCNCC(=O)N(C)C)c1.Cl. The van der Waals surface area contributed by atoms with Crippen molar-refractivity contribution in [2.45, 2.75) is 31.1 Å². The van der Waals surface area contributed by atoms with E-state index in [1.165, 1.54) is 29.1 Å². The number of carbonyl (C=O) groups excluding carboxylic acids is 1. The zero-order valence-electron chi connectivity index (χ0n) is 13.2. The van der Waals surface area contributed by atoms with Crippen LogP contribution in [-0.2, 0) is 11.2 Å². The first-order chi connectivity index (χ1) is 9.63. The van der Waals surface area contributed by atoms with Crippen LogP contribution in [0.3, 0.4) is 0 Å². The van der Waals surface area contributed by atoms with Gasteiger partial charge in [-0.1, -0.05) is 25.5 Å². The third-order valence-electron chi connectivity index (χ3n) is 3.03. The molecule has 1 rings (SSSR count). The summed E-state index contributed by atoms with van der Waals surface area (Å²) in [6.07, 6.45) is 3.47. The highest BCUT2D eigenvalue weighted by atomic mass is 35.5. The van der Waals surface area contributed by atoms with Crippen molar-refractivity contribution in [3.8, 4) is 0 Å². The van der Waals surface area contributed by atoms with Crippen molar-refractivity contribution < 1.29 is 4.79 Å². The molecule has 5 heteroatoms. The Morgan fingerprint density at radius 1 is 1.33 bits per heavy atom. The van der Waals surface area contributed by atoms with Crippen LogP contribution in [-0.4, -0.2) is 43.7 Å². The molecule has 1 amide bonds. The van der Waals surface area contributed by atoms with Gasteiger partial charge < -0.3 is 10.2 Å². The summed E-state index contributed by atoms with van der Waals surface area (Å²) in [7, 11) is 3.56. The van der Waals surface area contributed by atoms with Crippen LogP contribution in [0.1, 0.15) is 25.3 Å². The van der Waals surface area contributed by atoms with E-state index in [1.54, 1.807) is 19.0 Å². The zero-order valence-corrected chi connectivity index (χ0v) is 14.9. The number of thioether (sulfide) groups is 1. The number of hydrogen-bond acceptors (Lipinski definition) is 3. The normalized spacial score (nSPS) is 10.0. The lowest BCUT2D eigenvalue weighted by molar-refractivity contribution is -0.127. The van der Waals surface area contributed by atoms with Crippen LogP contribution >= 0.6 is 24.2 Å². The smallest absolute Gasteiger partial charge is 0.236 e. The number of carbonyl (C=O) groups is 1. The highest BCUT2D eigenvalue weighted by molar-refractivity contribution is 7.99. The Morgan fingerprint density at radius 3 is 2.76 bits per heavy atom. The number of nitrogens with zero attached hydrogens (tertiary/aromatic N) is 1. The van der Waals surface area contributed by atoms with Gasteiger partial charge in [0, 0.05) is 19.0 Å². The van der Waals surface area contributed by atoms with Crippen molar-refractivity contribution in [2.75, 3.05) is 32.9 Å². The topological polar surface area (TPSA) is 32.3 Å². The summed E-state index contributed by atoms with van der Waals surface area (Å²) in [5.74, 6) is 1.31. The Labute approximate surface area is 139 Å². The molecule has 0 spiro atoms. The van der Waals surface area contributed by atoms with Gasteiger partial charge in [0.05, 0.1) is 6.54 Å². The van der Waals surface area contributed by atoms with E-state index in [9.17, 15) is 4.79 Å². The van der Waals surface area contributed by atoms with Gasteiger partial charge in [0.2, 0.25) is 5.91 Å². The van der Waals surface area contributed by atoms with E-state index in [0.717, 1.165) is 13.0 Å². The maximum atomic E-state index is 11.4. The molecular formula is C16H27ClN2OS. The quantitative estimate of drug-likeness (QED) is 0.557. The second-order valence-electron chi connectivity index (χ2n) is 5.06. The molecule has 0 saturated heterocycles. The molecule has 0 aliphatic rings. The van der Waals surface area contributed by atoms with Crippen molar-refractivity contribution in [1.82, 2.24) is 10.2 Å². The fraction of sp³-hybridized carbons (Fsp3) is 0.562. The maximum absolute atomic E-state index is 11.4. The number of nitrogens with one attached hydrogen (secondary N) is 1. The predicted molar refractivity (Wildman–Crippen MR) is 94.6 cm³/mol. The van der Waals surface area contributed by atoms with Crippen molar-refractivity contribution in [1.29, 1.82) is 0 Å². The molecule has 3 nitrogen and oxygen atoms in total. The molecule has 0 fully saturated rings. The van der Waals surface area contributed by atoms with Gasteiger partial charge in [-0.15, -0.1) is 24.2 Å². The van der Waals surface area contributed by atoms with Gasteiger partial charge in [0.25, 0.3) is 0 Å². The third kappa shape index (κ3) is 9.02. The van der Waals surface area contributed by atoms with Crippen LogP contribution in [0, 0.1) is 0 Å². The molecule has 0 atom stereocenters. The van der Waals surface area contributed by atoms with Crippen molar-refractivity contribution in [3.63, 3.8) is 0 Å². The molecule has 120 valence electrons. The van der Waals surface area contributed by atoms with E-state index in [1.807, 2.05) is 11.8 Å². The Bertz CT molecular complexity index is 413. The van der Waals surface area contributed by atoms with Gasteiger partial charge in [-0.05, 0) is 42.8 Å². The lowest BCUT2D eigenvalue weighted by Crippen LogP contribution is -2.33. The summed E-state index contributed by atoms with van der Waals surface area (Å²) in [6.45, 7) is 3.47. The van der Waals surface area contributed by atoms with E-state index >= 15 is 0 Å². The number of likely N-dealkylation sites (N-methyl/N-ethyl adjacent to an activating group) is 1. The molecule has 21 heavy (non-hydrogen) atoms. The molecular weight excluding hydrogens is 304 g/mol. The number of halogens is 1. The van der Waals surface area contributed by atoms with E-state index in [0.29, 0.717) is 6.54 Å². The first kappa shape index (κ1) is 20.3. The van der Waals surface area contributed by atoms with Gasteiger partial charge >= 0.3 is 0 Å². The van der Waals surface area contributed by atoms with Crippen LogP contribution in [0.15, 0.2) is 29.2 Å². The lowest BCUT2D eigenvalue weighted by Gasteiger charge is -2.11. The summed E-state index contributed by atoms with van der Waals surface area (Å²) in [6, 6.07) is 8.70. The fourth-order valence-corrected chi connectivity index (χ4v) is 2.79. The third-order valence-corrected chi connectivity index (χ3v) is 4.11. The van der Waals surface area contributed by atoms with Crippen LogP contribution in [0.4, 0.5) is 0 Å².